The third-order valence-electron chi connectivity index (χ3n) is 6.68. The first kappa shape index (κ1) is 33.1. The Labute approximate surface area is 252 Å². The van der Waals surface area contributed by atoms with Crippen molar-refractivity contribution in [2.45, 2.75) is 64.1 Å². The molecule has 0 aromatic heterocycles. The van der Waals surface area contributed by atoms with Gasteiger partial charge in [-0.05, 0) is 70.0 Å². The SMILES string of the molecule is CC[C@@H](C(=O)NC(C)(C)C)N(Cc1ccccc1)C(=O)CN(c1ccc(OC)cc1)S(=O)(=O)c1ccc(C)c([N+](=O)[O-])c1. The Bertz CT molecular complexity index is 1550. The van der Waals surface area contributed by atoms with Gasteiger partial charge in [-0.3, -0.25) is 24.0 Å². The summed E-state index contributed by atoms with van der Waals surface area (Å²) in [6.07, 6.45) is 0.278. The number of aryl methyl sites for hydroxylation is 1. The molecule has 11 nitrogen and oxygen atoms in total. The van der Waals surface area contributed by atoms with Crippen LogP contribution in [0.5, 0.6) is 5.75 Å². The molecule has 3 rings (SSSR count). The van der Waals surface area contributed by atoms with Crippen molar-refractivity contribution in [2.75, 3.05) is 18.0 Å². The highest BCUT2D eigenvalue weighted by Gasteiger charge is 2.35. The van der Waals surface area contributed by atoms with Crippen LogP contribution in [-0.4, -0.2) is 55.3 Å². The van der Waals surface area contributed by atoms with E-state index in [9.17, 15) is 28.1 Å². The van der Waals surface area contributed by atoms with Crippen LogP contribution in [0, 0.1) is 17.0 Å². The number of ether oxygens (including phenoxy) is 1. The molecule has 3 aromatic carbocycles. The lowest BCUT2D eigenvalue weighted by atomic mass is 10.1. The number of nitro groups is 1. The minimum Gasteiger partial charge on any atom is -0.497 e. The highest BCUT2D eigenvalue weighted by atomic mass is 32.2. The van der Waals surface area contributed by atoms with Gasteiger partial charge in [-0.15, -0.1) is 0 Å². The van der Waals surface area contributed by atoms with E-state index in [2.05, 4.69) is 5.32 Å². The summed E-state index contributed by atoms with van der Waals surface area (Å²) in [6.45, 7) is 8.18. The fourth-order valence-corrected chi connectivity index (χ4v) is 5.94. The second-order valence-corrected chi connectivity index (χ2v) is 12.9. The summed E-state index contributed by atoms with van der Waals surface area (Å²) >= 11 is 0. The first-order chi connectivity index (χ1) is 20.2. The molecule has 0 aliphatic rings. The number of benzene rings is 3. The number of sulfonamides is 1. The van der Waals surface area contributed by atoms with Gasteiger partial charge in [0.05, 0.1) is 22.6 Å². The summed E-state index contributed by atoms with van der Waals surface area (Å²) < 4.78 is 34.3. The topological polar surface area (TPSA) is 139 Å². The third-order valence-corrected chi connectivity index (χ3v) is 8.45. The quantitative estimate of drug-likeness (QED) is 0.229. The molecule has 0 heterocycles. The van der Waals surface area contributed by atoms with Gasteiger partial charge in [0, 0.05) is 23.7 Å². The summed E-state index contributed by atoms with van der Waals surface area (Å²) in [5.74, 6) is -0.526. The molecule has 230 valence electrons. The van der Waals surface area contributed by atoms with Crippen molar-refractivity contribution in [3.8, 4) is 5.75 Å². The smallest absolute Gasteiger partial charge is 0.273 e. The number of amides is 2. The van der Waals surface area contributed by atoms with Gasteiger partial charge in [0.15, 0.2) is 0 Å². The zero-order chi connectivity index (χ0) is 31.9. The maximum Gasteiger partial charge on any atom is 0.273 e. The first-order valence-electron chi connectivity index (χ1n) is 13.7. The minimum absolute atomic E-state index is 0.0578. The standard InChI is InChI=1S/C31H38N4O7S/c1-7-27(30(37)32-31(3,4)5)33(20-23-11-9-8-10-12-23)29(36)21-34(24-14-16-25(42-6)17-15-24)43(40,41)26-18-13-22(2)28(19-26)35(38)39/h8-19,27H,7,20-21H2,1-6H3,(H,32,37)/t27-/m0/s1. The van der Waals surface area contributed by atoms with E-state index in [-0.39, 0.29) is 35.1 Å². The van der Waals surface area contributed by atoms with E-state index in [0.717, 1.165) is 15.9 Å². The summed E-state index contributed by atoms with van der Waals surface area (Å²) in [5.41, 5.74) is 0.262. The van der Waals surface area contributed by atoms with Gasteiger partial charge in [-0.25, -0.2) is 8.42 Å². The van der Waals surface area contributed by atoms with Gasteiger partial charge in [0.25, 0.3) is 15.7 Å². The average molecular weight is 611 g/mol. The van der Waals surface area contributed by atoms with Crippen LogP contribution < -0.4 is 14.4 Å². The van der Waals surface area contributed by atoms with Crippen LogP contribution in [0.4, 0.5) is 11.4 Å². The number of hydrogen-bond donors (Lipinski definition) is 1. The summed E-state index contributed by atoms with van der Waals surface area (Å²) in [6, 6.07) is 17.9. The van der Waals surface area contributed by atoms with Crippen LogP contribution in [0.3, 0.4) is 0 Å². The number of methoxy groups -OCH3 is 1. The highest BCUT2D eigenvalue weighted by molar-refractivity contribution is 7.92. The van der Waals surface area contributed by atoms with Gasteiger partial charge in [-0.2, -0.15) is 0 Å². The molecule has 0 spiro atoms. The summed E-state index contributed by atoms with van der Waals surface area (Å²) in [4.78, 5) is 39.5. The second kappa shape index (κ2) is 13.7. The number of nitrogens with one attached hydrogen (secondary N) is 1. The van der Waals surface area contributed by atoms with Crippen molar-refractivity contribution in [3.05, 3.63) is 94.0 Å². The molecule has 1 atom stereocenters. The molecule has 2 amide bonds. The lowest BCUT2D eigenvalue weighted by molar-refractivity contribution is -0.385. The Morgan fingerprint density at radius 3 is 2.19 bits per heavy atom. The van der Waals surface area contributed by atoms with E-state index in [1.54, 1.807) is 19.1 Å². The molecule has 0 unspecified atom stereocenters. The van der Waals surface area contributed by atoms with Crippen LogP contribution in [0.25, 0.3) is 0 Å². The average Bonchev–Trinajstić information content (AvgIpc) is 2.95. The van der Waals surface area contributed by atoms with E-state index < -0.39 is 39.0 Å². The molecule has 3 aromatic rings. The summed E-state index contributed by atoms with van der Waals surface area (Å²) in [5, 5.41) is 14.5. The lowest BCUT2D eigenvalue weighted by Gasteiger charge is -2.34. The molecule has 0 radical (unpaired) electrons. The maximum atomic E-state index is 14.1. The fourth-order valence-electron chi connectivity index (χ4n) is 4.50. The molecule has 0 saturated heterocycles. The van der Waals surface area contributed by atoms with Gasteiger partial charge in [0.1, 0.15) is 18.3 Å². The molecule has 12 heteroatoms. The minimum atomic E-state index is -4.49. The molecule has 43 heavy (non-hydrogen) atoms. The molecule has 0 aliphatic carbocycles. The lowest BCUT2D eigenvalue weighted by Crippen LogP contribution is -2.55. The van der Waals surface area contributed by atoms with Gasteiger partial charge in [0.2, 0.25) is 11.8 Å². The monoisotopic (exact) mass is 610 g/mol. The maximum absolute atomic E-state index is 14.1. The Hall–Kier alpha value is -4.45. The van der Waals surface area contributed by atoms with Crippen molar-refractivity contribution >= 4 is 33.2 Å². The Morgan fingerprint density at radius 2 is 1.65 bits per heavy atom. The van der Waals surface area contributed by atoms with Gasteiger partial charge in [-0.1, -0.05) is 43.3 Å². The van der Waals surface area contributed by atoms with Crippen molar-refractivity contribution in [3.63, 3.8) is 0 Å². The third kappa shape index (κ3) is 8.31. The van der Waals surface area contributed by atoms with Crippen LogP contribution in [0.1, 0.15) is 45.2 Å². The van der Waals surface area contributed by atoms with Crippen molar-refractivity contribution in [2.24, 2.45) is 0 Å². The molecule has 0 fully saturated rings. The molecular weight excluding hydrogens is 572 g/mol. The zero-order valence-electron chi connectivity index (χ0n) is 25.2. The van der Waals surface area contributed by atoms with Crippen LogP contribution in [0.15, 0.2) is 77.7 Å². The largest absolute Gasteiger partial charge is 0.497 e. The van der Waals surface area contributed by atoms with Crippen molar-refractivity contribution in [1.29, 1.82) is 0 Å². The normalized spacial score (nSPS) is 12.2. The molecular formula is C31H38N4O7S. The Morgan fingerprint density at radius 1 is 1.02 bits per heavy atom. The predicted molar refractivity (Wildman–Crippen MR) is 164 cm³/mol. The number of rotatable bonds is 12. The van der Waals surface area contributed by atoms with Crippen LogP contribution in [-0.2, 0) is 26.2 Å². The van der Waals surface area contributed by atoms with E-state index in [4.69, 9.17) is 4.74 Å². The van der Waals surface area contributed by atoms with E-state index in [1.165, 1.54) is 43.2 Å². The van der Waals surface area contributed by atoms with Gasteiger partial charge < -0.3 is 15.0 Å². The van der Waals surface area contributed by atoms with Crippen LogP contribution in [0.2, 0.25) is 0 Å². The first-order valence-corrected chi connectivity index (χ1v) is 15.2. The predicted octanol–water partition coefficient (Wildman–Crippen LogP) is 4.83. The Balaban J connectivity index is 2.12. The molecule has 0 saturated carbocycles. The van der Waals surface area contributed by atoms with Crippen molar-refractivity contribution in [1.82, 2.24) is 10.2 Å². The van der Waals surface area contributed by atoms with Gasteiger partial charge >= 0.3 is 0 Å². The number of carbonyl (C=O) groups excluding carboxylic acids is 2. The number of nitrogens with zero attached hydrogens (tertiary/aromatic N) is 3. The number of carbonyl (C=O) groups is 2. The Kier molecular flexibility index (Phi) is 10.5. The van der Waals surface area contributed by atoms with Crippen molar-refractivity contribution < 1.29 is 27.7 Å². The summed E-state index contributed by atoms with van der Waals surface area (Å²) in [7, 11) is -3.02. The number of hydrogen-bond acceptors (Lipinski definition) is 7. The number of anilines is 1. The van der Waals surface area contributed by atoms with E-state index >= 15 is 0 Å². The fraction of sp³-hybridized carbons (Fsp3) is 0.355. The van der Waals surface area contributed by atoms with E-state index in [1.807, 2.05) is 51.1 Å². The molecule has 0 bridgehead atoms. The highest BCUT2D eigenvalue weighted by Crippen LogP contribution is 2.29. The molecule has 0 aliphatic heterocycles. The second-order valence-electron chi connectivity index (χ2n) is 11.1. The zero-order valence-corrected chi connectivity index (χ0v) is 26.1. The number of nitro benzene ring substituents is 1. The van der Waals surface area contributed by atoms with Crippen LogP contribution >= 0.6 is 0 Å². The molecule has 1 N–H and O–H groups in total. The van der Waals surface area contributed by atoms with E-state index in [0.29, 0.717) is 11.3 Å².